The van der Waals surface area contributed by atoms with Crippen LogP contribution < -0.4 is 0 Å². The lowest BCUT2D eigenvalue weighted by Gasteiger charge is -2.41. The van der Waals surface area contributed by atoms with E-state index in [1.54, 1.807) is 0 Å². The van der Waals surface area contributed by atoms with Crippen molar-refractivity contribution in [3.63, 3.8) is 0 Å². The second kappa shape index (κ2) is 36.6. The summed E-state index contributed by atoms with van der Waals surface area (Å²) in [5, 5.41) is 59.7. The Kier molecular flexibility index (Phi) is 33.8. The summed E-state index contributed by atoms with van der Waals surface area (Å²) in [6, 6.07) is 0. The molecule has 1 rings (SSSR count). The monoisotopic (exact) mass is 899 g/mol. The maximum atomic E-state index is 12.8. The van der Waals surface area contributed by atoms with Gasteiger partial charge >= 0.3 is 19.8 Å². The molecule has 0 aromatic heterocycles. The van der Waals surface area contributed by atoms with Crippen LogP contribution in [0.15, 0.2) is 72.9 Å². The van der Waals surface area contributed by atoms with Gasteiger partial charge in [0.2, 0.25) is 0 Å². The molecule has 1 saturated carbocycles. The van der Waals surface area contributed by atoms with Crippen molar-refractivity contribution in [1.82, 2.24) is 0 Å². The quantitative estimate of drug-likeness (QED) is 0.0138. The number of phosphoric ester groups is 1. The van der Waals surface area contributed by atoms with Crippen LogP contribution in [0, 0.1) is 0 Å². The maximum Gasteiger partial charge on any atom is 0.472 e. The van der Waals surface area contributed by atoms with Crippen LogP contribution in [-0.4, -0.2) is 110 Å². The van der Waals surface area contributed by atoms with E-state index in [9.17, 15) is 49.7 Å². The molecule has 0 heterocycles. The molecule has 1 fully saturated rings. The minimum Gasteiger partial charge on any atom is -0.462 e. The second-order valence-corrected chi connectivity index (χ2v) is 17.1. The van der Waals surface area contributed by atoms with E-state index in [-0.39, 0.29) is 18.9 Å². The standard InChI is InChI=1S/C47H79O14P/c1-3-5-6-7-8-9-10-11-12-16-19-22-25-28-31-34-40(49)58-36-39(37-59-62(56,57)61-47-45(54)43(52)42(51)44(53)46(47)55)60-41(50)35-32-29-26-23-20-17-14-13-15-18-21-24-27-30-33-38(48)4-2/h8-9,11-12,14-15,17-18,23-24,26-27,38-39,42-48,51-55H,3-7,10,13,16,19-22,25,28-37H2,1-2H3,(H,56,57)/b9-8-,12-11-,17-14-,18-15-,26-23-,27-24-. The molecule has 0 radical (unpaired) electrons. The Hall–Kier alpha value is -2.75. The fraction of sp³-hybridized carbons (Fsp3) is 0.702. The fourth-order valence-electron chi connectivity index (χ4n) is 6.29. The first-order chi connectivity index (χ1) is 29.8. The van der Waals surface area contributed by atoms with E-state index in [1.165, 1.54) is 19.3 Å². The van der Waals surface area contributed by atoms with Crippen LogP contribution in [0.1, 0.15) is 149 Å². The molecule has 14 nitrogen and oxygen atoms in total. The highest BCUT2D eigenvalue weighted by Gasteiger charge is 2.51. The topological polar surface area (TPSA) is 230 Å². The van der Waals surface area contributed by atoms with Crippen molar-refractivity contribution in [1.29, 1.82) is 0 Å². The summed E-state index contributed by atoms with van der Waals surface area (Å²) in [6.07, 6.45) is 29.0. The van der Waals surface area contributed by atoms with Gasteiger partial charge in [0.05, 0.1) is 12.7 Å². The zero-order valence-corrected chi connectivity index (χ0v) is 38.1. The summed E-state index contributed by atoms with van der Waals surface area (Å²) >= 11 is 0. The number of aliphatic hydroxyl groups excluding tert-OH is 6. The molecular formula is C47H79O14P. The van der Waals surface area contributed by atoms with E-state index in [1.807, 2.05) is 25.2 Å². The molecule has 7 unspecified atom stereocenters. The number of unbranched alkanes of at least 4 members (excludes halogenated alkanes) is 9. The highest BCUT2D eigenvalue weighted by Crippen LogP contribution is 2.47. The molecule has 0 aliphatic heterocycles. The Balaban J connectivity index is 2.53. The van der Waals surface area contributed by atoms with Gasteiger partial charge in [-0.1, -0.05) is 119 Å². The van der Waals surface area contributed by atoms with E-state index in [0.29, 0.717) is 19.3 Å². The van der Waals surface area contributed by atoms with E-state index in [2.05, 4.69) is 61.6 Å². The molecule has 0 aromatic rings. The van der Waals surface area contributed by atoms with Crippen LogP contribution in [0.5, 0.6) is 0 Å². The molecule has 7 atom stereocenters. The molecule has 0 amide bonds. The van der Waals surface area contributed by atoms with E-state index >= 15 is 0 Å². The minimum atomic E-state index is -5.15. The first-order valence-electron chi connectivity index (χ1n) is 22.8. The average molecular weight is 899 g/mol. The van der Waals surface area contributed by atoms with Crippen molar-refractivity contribution < 1.29 is 68.2 Å². The number of esters is 2. The molecule has 15 heteroatoms. The molecule has 1 aliphatic carbocycles. The van der Waals surface area contributed by atoms with Crippen molar-refractivity contribution in [2.75, 3.05) is 13.2 Å². The van der Waals surface area contributed by atoms with Crippen molar-refractivity contribution in [3.05, 3.63) is 72.9 Å². The molecule has 0 saturated heterocycles. The number of hydrogen-bond donors (Lipinski definition) is 7. The molecule has 62 heavy (non-hydrogen) atoms. The van der Waals surface area contributed by atoms with Crippen LogP contribution in [0.3, 0.4) is 0 Å². The number of allylic oxidation sites excluding steroid dienone is 12. The number of carbonyl (C=O) groups excluding carboxylic acids is 2. The first-order valence-corrected chi connectivity index (χ1v) is 24.3. The summed E-state index contributed by atoms with van der Waals surface area (Å²) in [7, 11) is -5.15. The van der Waals surface area contributed by atoms with Crippen LogP contribution in [0.25, 0.3) is 0 Å². The zero-order chi connectivity index (χ0) is 45.9. The van der Waals surface area contributed by atoms with Gasteiger partial charge in [0.1, 0.15) is 43.2 Å². The van der Waals surface area contributed by atoms with Gasteiger partial charge in [0, 0.05) is 12.8 Å². The third kappa shape index (κ3) is 28.8. The second-order valence-electron chi connectivity index (χ2n) is 15.7. The summed E-state index contributed by atoms with van der Waals surface area (Å²) < 4.78 is 33.4. The van der Waals surface area contributed by atoms with Crippen LogP contribution in [0.4, 0.5) is 0 Å². The maximum absolute atomic E-state index is 12.8. The Labute approximate surface area is 370 Å². The predicted octanol–water partition coefficient (Wildman–Crippen LogP) is 7.69. The normalized spacial score (nSPS) is 23.0. The minimum absolute atomic E-state index is 0.000858. The lowest BCUT2D eigenvalue weighted by atomic mass is 9.85. The number of hydrogen-bond acceptors (Lipinski definition) is 13. The molecular weight excluding hydrogens is 819 g/mol. The van der Waals surface area contributed by atoms with Crippen molar-refractivity contribution in [2.24, 2.45) is 0 Å². The molecule has 1 aliphatic rings. The smallest absolute Gasteiger partial charge is 0.462 e. The zero-order valence-electron chi connectivity index (χ0n) is 37.2. The average Bonchev–Trinajstić information content (AvgIpc) is 3.25. The molecule has 0 aromatic carbocycles. The van der Waals surface area contributed by atoms with Gasteiger partial charge in [-0.15, -0.1) is 0 Å². The number of carbonyl (C=O) groups is 2. The SMILES string of the molecule is CCCCC/C=C\C/C=C\CCCCCCCC(=O)OCC(COP(=O)(O)OC1C(O)C(O)C(O)C(O)C1O)OC(=O)CCC/C=C\C/C=C\C/C=C\C/C=C\CCC(O)CC. The van der Waals surface area contributed by atoms with E-state index in [4.69, 9.17) is 18.5 Å². The summed E-state index contributed by atoms with van der Waals surface area (Å²) in [5.41, 5.74) is 0. The summed E-state index contributed by atoms with van der Waals surface area (Å²) in [6.45, 7) is 2.92. The predicted molar refractivity (Wildman–Crippen MR) is 241 cm³/mol. The summed E-state index contributed by atoms with van der Waals surface area (Å²) in [5.74, 6) is -1.21. The van der Waals surface area contributed by atoms with Crippen molar-refractivity contribution >= 4 is 19.8 Å². The number of phosphoric acid groups is 1. The summed E-state index contributed by atoms with van der Waals surface area (Å²) in [4.78, 5) is 35.7. The number of rotatable bonds is 36. The van der Waals surface area contributed by atoms with Crippen molar-refractivity contribution in [2.45, 2.75) is 198 Å². The van der Waals surface area contributed by atoms with Gasteiger partial charge in [-0.05, 0) is 89.9 Å². The van der Waals surface area contributed by atoms with Crippen LogP contribution >= 0.6 is 7.82 Å². The van der Waals surface area contributed by atoms with Crippen LogP contribution in [0.2, 0.25) is 0 Å². The molecule has 356 valence electrons. The lowest BCUT2D eigenvalue weighted by molar-refractivity contribution is -0.220. The van der Waals surface area contributed by atoms with E-state index < -0.39 is 75.7 Å². The highest BCUT2D eigenvalue weighted by atomic mass is 31.2. The number of ether oxygens (including phenoxy) is 2. The first kappa shape index (κ1) is 57.3. The largest absolute Gasteiger partial charge is 0.472 e. The fourth-order valence-corrected chi connectivity index (χ4v) is 7.26. The van der Waals surface area contributed by atoms with Gasteiger partial charge in [0.25, 0.3) is 0 Å². The third-order valence-corrected chi connectivity index (χ3v) is 11.2. The molecule has 7 N–H and O–H groups in total. The third-order valence-electron chi connectivity index (χ3n) is 10.2. The number of aliphatic hydroxyl groups is 6. The molecule has 0 spiro atoms. The Morgan fingerprint density at radius 3 is 1.56 bits per heavy atom. The van der Waals surface area contributed by atoms with Gasteiger partial charge in [-0.25, -0.2) is 4.57 Å². The van der Waals surface area contributed by atoms with Gasteiger partial charge in [-0.3, -0.25) is 18.6 Å². The van der Waals surface area contributed by atoms with Gasteiger partial charge < -0.3 is 45.0 Å². The van der Waals surface area contributed by atoms with Gasteiger partial charge in [-0.2, -0.15) is 0 Å². The highest BCUT2D eigenvalue weighted by molar-refractivity contribution is 7.47. The Morgan fingerprint density at radius 1 is 0.565 bits per heavy atom. The molecule has 0 bridgehead atoms. The lowest BCUT2D eigenvalue weighted by Crippen LogP contribution is -2.64. The van der Waals surface area contributed by atoms with Gasteiger partial charge in [0.15, 0.2) is 6.10 Å². The van der Waals surface area contributed by atoms with Crippen LogP contribution in [-0.2, 0) is 32.7 Å². The van der Waals surface area contributed by atoms with Crippen molar-refractivity contribution in [3.8, 4) is 0 Å². The van der Waals surface area contributed by atoms with E-state index in [0.717, 1.165) is 83.5 Å². The Morgan fingerprint density at radius 2 is 1.02 bits per heavy atom. The Bertz CT molecular complexity index is 1380.